The first-order chi connectivity index (χ1) is 67.2. The van der Waals surface area contributed by atoms with Crippen molar-refractivity contribution in [2.75, 3.05) is 0 Å². The quantitative estimate of drug-likeness (QED) is 0.0126. The molecular formula is C119H114Br6F11IN2. The molecular weight excluding hydrogens is 2270 g/mol. The molecule has 0 atom stereocenters. The highest BCUT2D eigenvalue weighted by Gasteiger charge is 2.15. The Morgan fingerprint density at radius 3 is 0.719 bits per heavy atom. The highest BCUT2D eigenvalue weighted by Crippen LogP contribution is 2.32. The molecule has 0 bridgehead atoms. The summed E-state index contributed by atoms with van der Waals surface area (Å²) in [6, 6.07) is 68.2. The van der Waals surface area contributed by atoms with Gasteiger partial charge in [-0.15, -0.1) is 24.7 Å². The number of hydrogen-bond donors (Lipinski definition) is 0. The third-order valence-corrected chi connectivity index (χ3v) is 27.2. The van der Waals surface area contributed by atoms with Crippen molar-refractivity contribution in [1.82, 2.24) is 0 Å². The average molecular weight is 2390 g/mol. The van der Waals surface area contributed by atoms with Crippen LogP contribution in [0.25, 0.3) is 33.4 Å². The number of terminal acetylenes is 2. The molecule has 12 aromatic carbocycles. The Kier molecular flexibility index (Phi) is 57.1. The second kappa shape index (κ2) is 68.0. The summed E-state index contributed by atoms with van der Waals surface area (Å²) < 4.78 is 154. The maximum absolute atomic E-state index is 14.6. The third-order valence-electron chi connectivity index (χ3n) is 22.7. The Balaban J connectivity index is 0.000000240. The van der Waals surface area contributed by atoms with E-state index in [1.807, 2.05) is 54.6 Å². The van der Waals surface area contributed by atoms with Crippen LogP contribution in [0.3, 0.4) is 0 Å². The minimum Gasteiger partial charge on any atom is -0.206 e. The zero-order valence-electron chi connectivity index (χ0n) is 78.0. The Hall–Kier alpha value is -9.30. The van der Waals surface area contributed by atoms with Gasteiger partial charge in [0.1, 0.15) is 52.4 Å². The first-order valence-corrected chi connectivity index (χ1v) is 53.1. The van der Waals surface area contributed by atoms with Crippen LogP contribution in [0, 0.1) is 139 Å². The Morgan fingerprint density at radius 2 is 0.453 bits per heavy atom. The van der Waals surface area contributed by atoms with Gasteiger partial charge in [-0.25, -0.2) is 48.3 Å². The van der Waals surface area contributed by atoms with Gasteiger partial charge in [0.15, 0.2) is 11.6 Å². The fourth-order valence-corrected chi connectivity index (χ4v) is 16.8. The van der Waals surface area contributed by atoms with E-state index in [2.05, 4.69) is 166 Å². The van der Waals surface area contributed by atoms with Gasteiger partial charge >= 0.3 is 0 Å². The van der Waals surface area contributed by atoms with Crippen LogP contribution >= 0.6 is 118 Å². The molecule has 2 nitrogen and oxygen atoms in total. The van der Waals surface area contributed by atoms with Crippen LogP contribution in [0.15, 0.2) is 257 Å². The molecule has 20 heteroatoms. The van der Waals surface area contributed by atoms with Gasteiger partial charge in [0.05, 0.1) is 50.1 Å². The number of nitrogens with zero attached hydrogens (tertiary/aromatic N) is 2. The Bertz CT molecular complexity index is 5970. The summed E-state index contributed by atoms with van der Waals surface area (Å²) in [7, 11) is 0. The summed E-state index contributed by atoms with van der Waals surface area (Å²) in [6.45, 7) is 0. The van der Waals surface area contributed by atoms with Gasteiger partial charge < -0.3 is 0 Å². The molecule has 12 rings (SSSR count). The van der Waals surface area contributed by atoms with Gasteiger partial charge in [0.25, 0.3) is 0 Å². The maximum atomic E-state index is 14.6. The lowest BCUT2D eigenvalue weighted by Crippen LogP contribution is -1.92. The lowest BCUT2D eigenvalue weighted by molar-refractivity contribution is 0.509. The van der Waals surface area contributed by atoms with E-state index in [9.17, 15) is 48.3 Å². The van der Waals surface area contributed by atoms with Crippen LogP contribution in [0.2, 0.25) is 0 Å². The van der Waals surface area contributed by atoms with Crippen molar-refractivity contribution in [2.45, 2.75) is 238 Å². The molecule has 0 radical (unpaired) electrons. The van der Waals surface area contributed by atoms with Gasteiger partial charge in [-0.3, -0.25) is 0 Å². The van der Waals surface area contributed by atoms with Crippen LogP contribution in [0.4, 0.5) is 48.3 Å². The van der Waals surface area contributed by atoms with Crippen molar-refractivity contribution in [1.29, 1.82) is 10.5 Å². The van der Waals surface area contributed by atoms with Gasteiger partial charge in [-0.1, -0.05) is 218 Å². The smallest absolute Gasteiger partial charge is 0.159 e. The largest absolute Gasteiger partial charge is 0.206 e. The van der Waals surface area contributed by atoms with Gasteiger partial charge in [0.2, 0.25) is 0 Å². The number of nitriles is 2. The summed E-state index contributed by atoms with van der Waals surface area (Å²) >= 11 is 20.9. The molecule has 0 fully saturated rings. The number of benzene rings is 12. The molecule has 0 N–H and O–H groups in total. The van der Waals surface area contributed by atoms with E-state index in [1.165, 1.54) is 94.5 Å². The van der Waals surface area contributed by atoms with Crippen LogP contribution in [-0.2, 0) is 38.5 Å². The van der Waals surface area contributed by atoms with Crippen molar-refractivity contribution >= 4 is 118 Å². The predicted molar refractivity (Wildman–Crippen MR) is 579 cm³/mol. The number of unbranched alkanes of at least 4 members (excludes halogenated alkanes) is 26. The van der Waals surface area contributed by atoms with Crippen molar-refractivity contribution < 1.29 is 48.3 Å². The van der Waals surface area contributed by atoms with Crippen molar-refractivity contribution in [2.24, 2.45) is 0 Å². The van der Waals surface area contributed by atoms with Crippen LogP contribution in [0.1, 0.15) is 255 Å². The van der Waals surface area contributed by atoms with E-state index in [4.69, 9.17) is 23.4 Å². The Labute approximate surface area is 880 Å². The molecule has 0 unspecified atom stereocenters. The fourth-order valence-electron chi connectivity index (χ4n) is 14.9. The first-order valence-electron chi connectivity index (χ1n) is 47.2. The lowest BCUT2D eigenvalue weighted by Gasteiger charge is -2.08. The normalized spacial score (nSPS) is 10.4. The highest BCUT2D eigenvalue weighted by atomic mass is 127. The molecule has 0 aliphatic heterocycles. The van der Waals surface area contributed by atoms with Gasteiger partial charge in [-0.2, -0.15) is 10.5 Å². The van der Waals surface area contributed by atoms with Gasteiger partial charge in [0, 0.05) is 57.1 Å². The zero-order valence-corrected chi connectivity index (χ0v) is 89.6. The van der Waals surface area contributed by atoms with E-state index in [-0.39, 0.29) is 52.1 Å². The average Bonchev–Trinajstić information content (AvgIpc) is 0.702. The van der Waals surface area contributed by atoms with E-state index in [0.717, 1.165) is 234 Å². The third kappa shape index (κ3) is 46.5. The topological polar surface area (TPSA) is 47.6 Å². The SMILES string of the molecule is C#CCCCCCC#C.Fc1cc(C#CCCCCCC#Cc2ccc(Br)c(F)c2)ccc1Br.Fc1cc(CCCCCCCCCc2ccc(Br)c(F)c2)ccc1Br.Fc1cc(I)ccc1Br.N#Cc1ccc(-c2ccc(CCCCCCCCCc3ccc(-c4ccc(F)c(F)c4)c(F)c3)cc2F)cc1.N#Cc1ccc(-c2ccc(CCCCCCCCCc3ccc(Br)c(F)c3)cc2F)cc1. The summed E-state index contributed by atoms with van der Waals surface area (Å²) in [6.07, 6.45) is 49.1. The molecule has 0 spiro atoms. The van der Waals surface area contributed by atoms with Crippen molar-refractivity contribution in [3.05, 3.63) is 381 Å². The fraction of sp³-hybridized carbons (Fsp3) is 0.311. The second-order valence-corrected chi connectivity index (χ2v) is 39.9. The maximum Gasteiger partial charge on any atom is 0.159 e. The van der Waals surface area contributed by atoms with Crippen molar-refractivity contribution in [3.8, 4) is 93.9 Å². The standard InChI is InChI=1S/C34H31F4N.C28H28BrF2N.C21H24Br2F2.C21H16Br2F2.C9H12.C6H3BrFI/c35-31-19-16-28(22-34(31)38)30-18-13-25(21-33(30)37)9-7-5-3-1-2-4-6-8-24-12-17-29(32(36)20-24)27-14-10-26(23-39)11-15-27;29-26-17-13-22(19-28(26)31)9-7-5-3-1-2-4-6-8-21-12-16-25(27(30)18-21)24-14-10-23(20-32)11-15-24;2*22-18-12-10-16(14-20(18)24)8-6-4-2-1-3-5-7-9-17-11-13-19(23)21(25)15-17;1-3-5-7-9-8-6-4-2;7-5-2-1-4(9)3-6(5)8/h10-22H,1-9H2;10-19H,1-9H2;10-15H,1-9H2;10-15H,1-5H2;1-2H,5-9H2;1-3H. The molecule has 139 heavy (non-hydrogen) atoms. The number of hydrogen-bond acceptors (Lipinski definition) is 2. The summed E-state index contributed by atoms with van der Waals surface area (Å²) in [5.74, 6) is 13.1. The molecule has 0 aromatic heterocycles. The number of aryl methyl sites for hydroxylation is 6. The van der Waals surface area contributed by atoms with E-state index in [1.54, 1.807) is 133 Å². The van der Waals surface area contributed by atoms with E-state index in [0.29, 0.717) is 65.8 Å². The highest BCUT2D eigenvalue weighted by molar-refractivity contribution is 14.1. The summed E-state index contributed by atoms with van der Waals surface area (Å²) in [5, 5.41) is 17.8. The number of halogens is 18. The minimum atomic E-state index is -0.986. The molecule has 0 aliphatic carbocycles. The molecule has 0 saturated heterocycles. The van der Waals surface area contributed by atoms with Crippen LogP contribution < -0.4 is 0 Å². The summed E-state index contributed by atoms with van der Waals surface area (Å²) in [4.78, 5) is 0. The molecule has 0 amide bonds. The van der Waals surface area contributed by atoms with E-state index < -0.39 is 17.5 Å². The molecule has 726 valence electrons. The predicted octanol–water partition coefficient (Wildman–Crippen LogP) is 39.0. The molecule has 0 saturated carbocycles. The molecule has 12 aromatic rings. The first kappa shape index (κ1) is 117. The molecule has 0 heterocycles. The van der Waals surface area contributed by atoms with Crippen LogP contribution in [0.5, 0.6) is 0 Å². The second-order valence-electron chi connectivity index (χ2n) is 33.6. The van der Waals surface area contributed by atoms with E-state index >= 15 is 0 Å². The zero-order chi connectivity index (χ0) is 100. The lowest BCUT2D eigenvalue weighted by atomic mass is 9.99. The van der Waals surface area contributed by atoms with Crippen molar-refractivity contribution in [3.63, 3.8) is 0 Å². The molecule has 0 aliphatic rings. The Morgan fingerprint density at radius 1 is 0.216 bits per heavy atom. The van der Waals surface area contributed by atoms with Gasteiger partial charge in [-0.05, 0) is 417 Å². The number of rotatable bonds is 41. The summed E-state index contributed by atoms with van der Waals surface area (Å²) in [5.41, 5.74) is 11.9. The van der Waals surface area contributed by atoms with Crippen LogP contribution in [-0.4, -0.2) is 0 Å². The minimum absolute atomic E-state index is 0.178. The monoisotopic (exact) mass is 2380 g/mol.